The number of nitrogen functional groups attached to an aromatic ring is 1. The van der Waals surface area contributed by atoms with Gasteiger partial charge in [-0.25, -0.2) is 0 Å². The van der Waals surface area contributed by atoms with Crippen LogP contribution in [0.2, 0.25) is 0 Å². The molecule has 1 aliphatic rings. The predicted octanol–water partition coefficient (Wildman–Crippen LogP) is 4.23. The Kier molecular flexibility index (Phi) is 13.3. The number of nitrogens with zero attached hydrogens (tertiary/aromatic N) is 1. The predicted molar refractivity (Wildman–Crippen MR) is 132 cm³/mol. The van der Waals surface area contributed by atoms with Gasteiger partial charge in [0, 0.05) is 44.9 Å². The molecule has 1 fully saturated rings. The summed E-state index contributed by atoms with van der Waals surface area (Å²) in [4.78, 5) is 14.5. The van der Waals surface area contributed by atoms with Crippen LogP contribution in [0.3, 0.4) is 0 Å². The van der Waals surface area contributed by atoms with Crippen molar-refractivity contribution >= 4 is 36.4 Å². The Hall–Kier alpha value is -1.79. The van der Waals surface area contributed by atoms with Crippen molar-refractivity contribution in [3.05, 3.63) is 65.7 Å². The first-order valence-electron chi connectivity index (χ1n) is 10.7. The summed E-state index contributed by atoms with van der Waals surface area (Å²) in [6.07, 6.45) is 4.50. The molecule has 172 valence electrons. The number of hydrogen-bond acceptors (Lipinski definition) is 4. The number of likely N-dealkylation sites (tertiary alicyclic amines) is 1. The Morgan fingerprint density at radius 1 is 1.03 bits per heavy atom. The molecule has 1 amide bonds. The van der Waals surface area contributed by atoms with E-state index in [1.807, 2.05) is 24.3 Å². The molecular weight excluding hydrogens is 433 g/mol. The summed E-state index contributed by atoms with van der Waals surface area (Å²) in [5.74, 6) is 0.0717. The fourth-order valence-corrected chi connectivity index (χ4v) is 3.72. The molecule has 5 nitrogen and oxygen atoms in total. The lowest BCUT2D eigenvalue weighted by Crippen LogP contribution is -2.36. The third kappa shape index (κ3) is 9.92. The zero-order chi connectivity index (χ0) is 20.3. The molecule has 0 spiro atoms. The quantitative estimate of drug-likeness (QED) is 0.405. The van der Waals surface area contributed by atoms with Gasteiger partial charge in [0.2, 0.25) is 5.91 Å². The first kappa shape index (κ1) is 27.2. The summed E-state index contributed by atoms with van der Waals surface area (Å²) in [6.45, 7) is 4.55. The summed E-state index contributed by atoms with van der Waals surface area (Å²) in [5, 5.41) is 2.98. The summed E-state index contributed by atoms with van der Waals surface area (Å²) < 4.78 is 6.01. The Balaban J connectivity index is 0.00000240. The number of carbonyl (C=O) groups is 1. The molecular formula is C24H35Cl2N3O2. The van der Waals surface area contributed by atoms with Gasteiger partial charge in [-0.15, -0.1) is 24.8 Å². The second-order valence-electron chi connectivity index (χ2n) is 7.73. The highest BCUT2D eigenvalue weighted by molar-refractivity contribution is 5.85. The standard InChI is InChI=1S/C24H33N3O2.2ClH/c25-23-10-5-4-9-21(23)11-12-24(28)26-15-6-18-29-22-13-16-27(17-14-22)19-20-7-2-1-3-8-20;;/h1-5,7-10,22H,6,11-19,25H2,(H,26,28);2*1H. The van der Waals surface area contributed by atoms with Gasteiger partial charge in [0.1, 0.15) is 0 Å². The third-order valence-corrected chi connectivity index (χ3v) is 5.46. The average Bonchev–Trinajstić information content (AvgIpc) is 2.75. The van der Waals surface area contributed by atoms with Crippen molar-refractivity contribution in [1.29, 1.82) is 0 Å². The molecule has 0 radical (unpaired) electrons. The van der Waals surface area contributed by atoms with E-state index in [2.05, 4.69) is 40.5 Å². The lowest BCUT2D eigenvalue weighted by Gasteiger charge is -2.32. The number of benzene rings is 2. The van der Waals surface area contributed by atoms with E-state index in [1.54, 1.807) is 0 Å². The van der Waals surface area contributed by atoms with Crippen molar-refractivity contribution in [2.24, 2.45) is 0 Å². The first-order valence-corrected chi connectivity index (χ1v) is 10.7. The smallest absolute Gasteiger partial charge is 0.220 e. The van der Waals surface area contributed by atoms with Crippen LogP contribution >= 0.6 is 24.8 Å². The molecule has 0 unspecified atom stereocenters. The summed E-state index contributed by atoms with van der Waals surface area (Å²) >= 11 is 0. The number of anilines is 1. The molecule has 7 heteroatoms. The third-order valence-electron chi connectivity index (χ3n) is 5.46. The van der Waals surface area contributed by atoms with Gasteiger partial charge in [0.05, 0.1) is 6.10 Å². The normalized spacial score (nSPS) is 14.3. The Morgan fingerprint density at radius 3 is 2.42 bits per heavy atom. The van der Waals surface area contributed by atoms with Gasteiger partial charge in [-0.1, -0.05) is 48.5 Å². The van der Waals surface area contributed by atoms with Gasteiger partial charge < -0.3 is 15.8 Å². The Labute approximate surface area is 198 Å². The fourth-order valence-electron chi connectivity index (χ4n) is 3.72. The van der Waals surface area contributed by atoms with Gasteiger partial charge in [-0.3, -0.25) is 9.69 Å². The molecule has 0 aliphatic carbocycles. The second kappa shape index (κ2) is 15.1. The number of para-hydroxylation sites is 1. The van der Waals surface area contributed by atoms with E-state index < -0.39 is 0 Å². The largest absolute Gasteiger partial charge is 0.399 e. The van der Waals surface area contributed by atoms with E-state index in [1.165, 1.54) is 5.56 Å². The molecule has 0 bridgehead atoms. The first-order chi connectivity index (χ1) is 14.2. The minimum Gasteiger partial charge on any atom is -0.399 e. The Bertz CT molecular complexity index is 753. The molecule has 31 heavy (non-hydrogen) atoms. The van der Waals surface area contributed by atoms with E-state index in [4.69, 9.17) is 10.5 Å². The van der Waals surface area contributed by atoms with Crippen LogP contribution in [0.1, 0.15) is 36.8 Å². The topological polar surface area (TPSA) is 67.6 Å². The van der Waals surface area contributed by atoms with Gasteiger partial charge in [-0.05, 0) is 42.9 Å². The van der Waals surface area contributed by atoms with Crippen molar-refractivity contribution in [3.8, 4) is 0 Å². The van der Waals surface area contributed by atoms with Crippen molar-refractivity contribution in [3.63, 3.8) is 0 Å². The summed E-state index contributed by atoms with van der Waals surface area (Å²) in [7, 11) is 0. The van der Waals surface area contributed by atoms with E-state index >= 15 is 0 Å². The molecule has 1 aliphatic heterocycles. The minimum atomic E-state index is 0. The van der Waals surface area contributed by atoms with Crippen molar-refractivity contribution < 1.29 is 9.53 Å². The fraction of sp³-hybridized carbons (Fsp3) is 0.458. The molecule has 2 aromatic carbocycles. The zero-order valence-corrected chi connectivity index (χ0v) is 19.6. The molecule has 1 heterocycles. The SMILES string of the molecule is Cl.Cl.Nc1ccccc1CCC(=O)NCCCOC1CCN(Cc2ccccc2)CC1. The number of halogens is 2. The Morgan fingerprint density at radius 2 is 1.71 bits per heavy atom. The van der Waals surface area contributed by atoms with E-state index in [-0.39, 0.29) is 30.7 Å². The number of piperidine rings is 1. The highest BCUT2D eigenvalue weighted by Gasteiger charge is 2.19. The van der Waals surface area contributed by atoms with Gasteiger partial charge in [0.25, 0.3) is 0 Å². The van der Waals surface area contributed by atoms with Crippen molar-refractivity contribution in [2.75, 3.05) is 32.0 Å². The molecule has 3 N–H and O–H groups in total. The number of aryl methyl sites for hydroxylation is 1. The number of hydrogen-bond donors (Lipinski definition) is 2. The van der Waals surface area contributed by atoms with Crippen LogP contribution in [-0.2, 0) is 22.5 Å². The van der Waals surface area contributed by atoms with E-state index in [0.29, 0.717) is 32.1 Å². The van der Waals surface area contributed by atoms with Crippen molar-refractivity contribution in [1.82, 2.24) is 10.2 Å². The number of ether oxygens (including phenoxy) is 1. The van der Waals surface area contributed by atoms with E-state index in [9.17, 15) is 4.79 Å². The van der Waals surface area contributed by atoms with Crippen LogP contribution in [0.15, 0.2) is 54.6 Å². The number of amides is 1. The highest BCUT2D eigenvalue weighted by atomic mass is 35.5. The van der Waals surface area contributed by atoms with Crippen LogP contribution in [0.4, 0.5) is 5.69 Å². The highest BCUT2D eigenvalue weighted by Crippen LogP contribution is 2.16. The average molecular weight is 468 g/mol. The van der Waals surface area contributed by atoms with Gasteiger partial charge in [-0.2, -0.15) is 0 Å². The maximum absolute atomic E-state index is 12.0. The van der Waals surface area contributed by atoms with Crippen LogP contribution < -0.4 is 11.1 Å². The number of nitrogens with one attached hydrogen (secondary N) is 1. The van der Waals surface area contributed by atoms with E-state index in [0.717, 1.165) is 50.1 Å². The van der Waals surface area contributed by atoms with Crippen molar-refractivity contribution in [2.45, 2.75) is 44.8 Å². The van der Waals surface area contributed by atoms with Gasteiger partial charge >= 0.3 is 0 Å². The molecule has 0 aromatic heterocycles. The maximum atomic E-state index is 12.0. The minimum absolute atomic E-state index is 0. The summed E-state index contributed by atoms with van der Waals surface area (Å²) in [5.41, 5.74) is 9.07. The number of nitrogens with two attached hydrogens (primary N) is 1. The maximum Gasteiger partial charge on any atom is 0.220 e. The monoisotopic (exact) mass is 467 g/mol. The van der Waals surface area contributed by atoms with Crippen LogP contribution in [0, 0.1) is 0 Å². The van der Waals surface area contributed by atoms with Gasteiger partial charge in [0.15, 0.2) is 0 Å². The summed E-state index contributed by atoms with van der Waals surface area (Å²) in [6, 6.07) is 18.3. The molecule has 0 saturated carbocycles. The van der Waals surface area contributed by atoms with Crippen LogP contribution in [0.5, 0.6) is 0 Å². The van der Waals surface area contributed by atoms with Crippen LogP contribution in [-0.4, -0.2) is 43.2 Å². The second-order valence-corrected chi connectivity index (χ2v) is 7.73. The lowest BCUT2D eigenvalue weighted by molar-refractivity contribution is -0.121. The zero-order valence-electron chi connectivity index (χ0n) is 18.0. The number of rotatable bonds is 10. The molecule has 3 rings (SSSR count). The molecule has 1 saturated heterocycles. The lowest BCUT2D eigenvalue weighted by atomic mass is 10.1. The number of carbonyl (C=O) groups excluding carboxylic acids is 1. The molecule has 2 aromatic rings. The molecule has 0 atom stereocenters. The van der Waals surface area contributed by atoms with Crippen LogP contribution in [0.25, 0.3) is 0 Å².